The van der Waals surface area contributed by atoms with Gasteiger partial charge in [-0.15, -0.1) is 0 Å². The lowest BCUT2D eigenvalue weighted by Crippen LogP contribution is -2.15. The molecule has 0 aliphatic rings. The molecule has 0 atom stereocenters. The molecule has 1 aromatic carbocycles. The van der Waals surface area contributed by atoms with E-state index >= 15 is 0 Å². The van der Waals surface area contributed by atoms with Gasteiger partial charge in [-0.05, 0) is 60.3 Å². The summed E-state index contributed by atoms with van der Waals surface area (Å²) < 4.78 is 5.21. The lowest BCUT2D eigenvalue weighted by atomic mass is 10.3. The van der Waals surface area contributed by atoms with Gasteiger partial charge in [-0.25, -0.2) is 9.97 Å². The number of rotatable bonds is 7. The number of methoxy groups -OCH3 is 1. The Kier molecular flexibility index (Phi) is 6.26. The lowest BCUT2D eigenvalue weighted by molar-refractivity contribution is 0.101. The zero-order chi connectivity index (χ0) is 20.8. The largest absolute Gasteiger partial charge is 0.497 e. The van der Waals surface area contributed by atoms with Crippen LogP contribution in [-0.2, 0) is 0 Å². The lowest BCUT2D eigenvalue weighted by Gasteiger charge is -2.11. The Balaban J connectivity index is 1.63. The summed E-state index contributed by atoms with van der Waals surface area (Å²) in [6, 6.07) is 14.8. The highest BCUT2D eigenvalue weighted by Crippen LogP contribution is 2.33. The molecule has 0 spiro atoms. The summed E-state index contributed by atoms with van der Waals surface area (Å²) in [6.45, 7) is 0. The molecule has 4 rings (SSSR count). The van der Waals surface area contributed by atoms with Gasteiger partial charge in [0.25, 0.3) is 5.91 Å². The van der Waals surface area contributed by atoms with Gasteiger partial charge in [0, 0.05) is 27.9 Å². The average Bonchev–Trinajstić information content (AvgIpc) is 3.29. The van der Waals surface area contributed by atoms with Crippen molar-refractivity contribution in [1.29, 1.82) is 0 Å². The first-order valence-electron chi connectivity index (χ1n) is 8.79. The normalized spacial score (nSPS) is 10.6. The molecule has 150 valence electrons. The van der Waals surface area contributed by atoms with Gasteiger partial charge in [0.1, 0.15) is 22.8 Å². The minimum Gasteiger partial charge on any atom is -0.497 e. The van der Waals surface area contributed by atoms with Crippen molar-refractivity contribution >= 4 is 35.1 Å². The number of anilines is 1. The first kappa shape index (κ1) is 19.9. The first-order chi connectivity index (χ1) is 14.7. The highest BCUT2D eigenvalue weighted by atomic mass is 32.2. The molecule has 0 aliphatic carbocycles. The van der Waals surface area contributed by atoms with Crippen LogP contribution in [0.1, 0.15) is 10.5 Å². The van der Waals surface area contributed by atoms with Crippen LogP contribution in [0.25, 0.3) is 0 Å². The van der Waals surface area contributed by atoms with E-state index in [1.165, 1.54) is 29.9 Å². The number of nitrogens with one attached hydrogen (secondary N) is 2. The van der Waals surface area contributed by atoms with Gasteiger partial charge in [0.2, 0.25) is 0 Å². The van der Waals surface area contributed by atoms with E-state index in [1.807, 2.05) is 36.4 Å². The van der Waals surface area contributed by atoms with E-state index in [4.69, 9.17) is 4.74 Å². The number of ether oxygens (including phenoxy) is 1. The van der Waals surface area contributed by atoms with Crippen LogP contribution in [0.4, 0.5) is 5.69 Å². The third-order valence-corrected chi connectivity index (χ3v) is 5.75. The number of aromatic amines is 1. The maximum atomic E-state index is 13.0. The summed E-state index contributed by atoms with van der Waals surface area (Å²) in [6.07, 6.45) is 4.66. The molecule has 1 amide bonds. The Bertz CT molecular complexity index is 1120. The van der Waals surface area contributed by atoms with Crippen molar-refractivity contribution in [3.05, 3.63) is 72.9 Å². The molecule has 4 aromatic rings. The van der Waals surface area contributed by atoms with E-state index < -0.39 is 0 Å². The van der Waals surface area contributed by atoms with Gasteiger partial charge >= 0.3 is 0 Å². The molecule has 0 aliphatic heterocycles. The van der Waals surface area contributed by atoms with E-state index in [1.54, 1.807) is 31.6 Å². The minimum absolute atomic E-state index is 0.308. The van der Waals surface area contributed by atoms with E-state index in [9.17, 15) is 4.79 Å². The topological polar surface area (TPSA) is 106 Å². The molecule has 8 nitrogen and oxygen atoms in total. The molecule has 0 saturated carbocycles. The van der Waals surface area contributed by atoms with Crippen LogP contribution < -0.4 is 10.1 Å². The van der Waals surface area contributed by atoms with Crippen LogP contribution >= 0.6 is 23.5 Å². The smallest absolute Gasteiger partial charge is 0.275 e. The molecule has 0 unspecified atom stereocenters. The summed E-state index contributed by atoms with van der Waals surface area (Å²) in [7, 11) is 1.62. The van der Waals surface area contributed by atoms with E-state index in [0.717, 1.165) is 15.5 Å². The number of benzene rings is 1. The van der Waals surface area contributed by atoms with Crippen molar-refractivity contribution in [3.63, 3.8) is 0 Å². The number of carbonyl (C=O) groups is 1. The van der Waals surface area contributed by atoms with Gasteiger partial charge < -0.3 is 10.1 Å². The zero-order valence-corrected chi connectivity index (χ0v) is 17.4. The van der Waals surface area contributed by atoms with Crippen molar-refractivity contribution in [1.82, 2.24) is 25.1 Å². The predicted molar refractivity (Wildman–Crippen MR) is 114 cm³/mol. The Morgan fingerprint density at radius 1 is 1.03 bits per heavy atom. The fourth-order valence-corrected chi connectivity index (χ4v) is 4.04. The molecule has 10 heteroatoms. The van der Waals surface area contributed by atoms with E-state index in [-0.39, 0.29) is 5.91 Å². The first-order valence-corrected chi connectivity index (χ1v) is 10.4. The quantitative estimate of drug-likeness (QED) is 0.445. The van der Waals surface area contributed by atoms with Gasteiger partial charge in [0.15, 0.2) is 5.16 Å². The predicted octanol–water partition coefficient (Wildman–Crippen LogP) is 4.16. The highest BCUT2D eigenvalue weighted by molar-refractivity contribution is 7.99. The summed E-state index contributed by atoms with van der Waals surface area (Å²) in [5.41, 5.74) is 0.961. The van der Waals surface area contributed by atoms with Crippen LogP contribution in [0.3, 0.4) is 0 Å². The number of pyridine rings is 2. The van der Waals surface area contributed by atoms with Gasteiger partial charge in [-0.3, -0.25) is 14.9 Å². The molecule has 2 N–H and O–H groups in total. The molecular weight excluding hydrogens is 420 g/mol. The van der Waals surface area contributed by atoms with Gasteiger partial charge in [0.05, 0.1) is 7.11 Å². The fourth-order valence-electron chi connectivity index (χ4n) is 2.47. The Morgan fingerprint density at radius 3 is 2.53 bits per heavy atom. The van der Waals surface area contributed by atoms with Gasteiger partial charge in [-0.2, -0.15) is 5.10 Å². The maximum Gasteiger partial charge on any atom is 0.275 e. The second kappa shape index (κ2) is 9.42. The van der Waals surface area contributed by atoms with Crippen molar-refractivity contribution in [3.8, 4) is 5.75 Å². The molecule has 0 fully saturated rings. The molecular formula is C20H16N6O2S2. The molecule has 0 bridgehead atoms. The number of nitrogens with zero attached hydrogens (tertiary/aromatic N) is 4. The van der Waals surface area contributed by atoms with E-state index in [0.29, 0.717) is 21.6 Å². The van der Waals surface area contributed by atoms with Crippen LogP contribution in [0.5, 0.6) is 5.75 Å². The second-order valence-electron chi connectivity index (χ2n) is 5.86. The highest BCUT2D eigenvalue weighted by Gasteiger charge is 2.17. The van der Waals surface area contributed by atoms with Crippen molar-refractivity contribution in [2.75, 3.05) is 12.4 Å². The Hall–Kier alpha value is -3.37. The monoisotopic (exact) mass is 436 g/mol. The van der Waals surface area contributed by atoms with Crippen molar-refractivity contribution in [2.24, 2.45) is 0 Å². The summed E-state index contributed by atoms with van der Waals surface area (Å²) >= 11 is 2.75. The number of H-pyrrole nitrogens is 1. The minimum atomic E-state index is -0.308. The van der Waals surface area contributed by atoms with Crippen molar-refractivity contribution < 1.29 is 9.53 Å². The fraction of sp³-hybridized carbons (Fsp3) is 0.0500. The number of hydrogen-bond acceptors (Lipinski definition) is 8. The number of carbonyl (C=O) groups excluding carboxylic acids is 1. The van der Waals surface area contributed by atoms with E-state index in [2.05, 4.69) is 30.5 Å². The third kappa shape index (κ3) is 4.97. The summed E-state index contributed by atoms with van der Waals surface area (Å²) in [4.78, 5) is 27.3. The van der Waals surface area contributed by atoms with Crippen molar-refractivity contribution in [2.45, 2.75) is 20.0 Å². The van der Waals surface area contributed by atoms with Crippen LogP contribution in [0, 0.1) is 0 Å². The van der Waals surface area contributed by atoms with Crippen LogP contribution in [0.2, 0.25) is 0 Å². The summed E-state index contributed by atoms with van der Waals surface area (Å²) in [5, 5.41) is 10.7. The van der Waals surface area contributed by atoms with Crippen LogP contribution in [-0.4, -0.2) is 38.2 Å². The van der Waals surface area contributed by atoms with Crippen LogP contribution in [0.15, 0.2) is 87.2 Å². The molecule has 30 heavy (non-hydrogen) atoms. The Morgan fingerprint density at radius 2 is 1.83 bits per heavy atom. The molecule has 0 radical (unpaired) electrons. The van der Waals surface area contributed by atoms with Gasteiger partial charge in [-0.1, -0.05) is 11.8 Å². The molecule has 3 heterocycles. The maximum absolute atomic E-state index is 13.0. The Labute approximate surface area is 180 Å². The third-order valence-electron chi connectivity index (χ3n) is 3.87. The zero-order valence-electron chi connectivity index (χ0n) is 15.8. The average molecular weight is 437 g/mol. The SMILES string of the molecule is COc1ccc(Sc2ccc(Sc3ncn[nH]3)nc2C(=O)Nc2ccncc2)cc1. The molecule has 0 saturated heterocycles. The second-order valence-corrected chi connectivity index (χ2v) is 7.98. The number of amides is 1. The standard InChI is InChI=1S/C20H16N6O2S2/c1-28-14-2-4-15(5-3-14)29-16-6-7-17(30-20-22-12-23-26-20)25-18(16)19(27)24-13-8-10-21-11-9-13/h2-12H,1H3,(H,21,24,27)(H,22,23,26). The number of hydrogen-bond donors (Lipinski definition) is 2. The number of aromatic nitrogens is 5. The summed E-state index contributed by atoms with van der Waals surface area (Å²) in [5.74, 6) is 0.462. The molecule has 3 aromatic heterocycles.